The number of hydrogen-bond acceptors (Lipinski definition) is 4. The van der Waals surface area contributed by atoms with Crippen molar-refractivity contribution in [1.82, 2.24) is 15.1 Å². The number of amides is 1. The summed E-state index contributed by atoms with van der Waals surface area (Å²) in [5.41, 5.74) is 7.79. The van der Waals surface area contributed by atoms with E-state index in [9.17, 15) is 4.79 Å². The minimum Gasteiger partial charge on any atom is -0.337 e. The van der Waals surface area contributed by atoms with Crippen LogP contribution >= 0.6 is 11.3 Å². The molecule has 0 radical (unpaired) electrons. The van der Waals surface area contributed by atoms with Gasteiger partial charge in [-0.3, -0.25) is 9.89 Å². The largest absolute Gasteiger partial charge is 0.337 e. The molecule has 0 fully saturated rings. The third-order valence-corrected chi connectivity index (χ3v) is 3.69. The van der Waals surface area contributed by atoms with Crippen LogP contribution in [0.25, 0.3) is 0 Å². The Morgan fingerprint density at radius 2 is 2.40 bits per heavy atom. The van der Waals surface area contributed by atoms with E-state index in [0.29, 0.717) is 18.7 Å². The van der Waals surface area contributed by atoms with Crippen molar-refractivity contribution in [2.45, 2.75) is 13.5 Å². The Kier molecular flexibility index (Phi) is 4.56. The molecular weight excluding hydrogens is 272 g/mol. The van der Waals surface area contributed by atoms with E-state index in [1.807, 2.05) is 18.4 Å². The second-order valence-corrected chi connectivity index (χ2v) is 5.31. The summed E-state index contributed by atoms with van der Waals surface area (Å²) >= 11 is 1.56. The molecule has 2 aromatic heterocycles. The Balaban J connectivity index is 2.04. The zero-order chi connectivity index (χ0) is 14.5. The number of nitrogens with two attached hydrogens (primary N) is 1. The van der Waals surface area contributed by atoms with E-state index in [-0.39, 0.29) is 5.91 Å². The van der Waals surface area contributed by atoms with Crippen LogP contribution in [0.15, 0.2) is 17.6 Å². The van der Waals surface area contributed by atoms with Gasteiger partial charge in [0.2, 0.25) is 0 Å². The van der Waals surface area contributed by atoms with Crippen LogP contribution in [0, 0.1) is 18.8 Å². The smallest absolute Gasteiger partial charge is 0.257 e. The molecule has 0 aromatic carbocycles. The SMILES string of the molecule is Cc1[nH]ncc1C(=O)N(C)Cc1csc(C#CCN)c1. The normalized spacial score (nSPS) is 9.95. The summed E-state index contributed by atoms with van der Waals surface area (Å²) < 4.78 is 0. The molecule has 3 N–H and O–H groups in total. The minimum absolute atomic E-state index is 0.0444. The zero-order valence-corrected chi connectivity index (χ0v) is 12.3. The molecule has 1 amide bonds. The second-order valence-electron chi connectivity index (χ2n) is 4.39. The maximum atomic E-state index is 12.2. The van der Waals surface area contributed by atoms with Crippen LogP contribution < -0.4 is 5.73 Å². The lowest BCUT2D eigenvalue weighted by Gasteiger charge is -2.15. The summed E-state index contributed by atoms with van der Waals surface area (Å²) in [6.07, 6.45) is 1.56. The highest BCUT2D eigenvalue weighted by molar-refractivity contribution is 7.10. The maximum absolute atomic E-state index is 12.2. The van der Waals surface area contributed by atoms with Crippen molar-refractivity contribution in [3.05, 3.63) is 39.3 Å². The molecule has 0 atom stereocenters. The van der Waals surface area contributed by atoms with Gasteiger partial charge < -0.3 is 10.6 Å². The van der Waals surface area contributed by atoms with Gasteiger partial charge in [0.1, 0.15) is 0 Å². The fraction of sp³-hybridized carbons (Fsp3) is 0.286. The Morgan fingerprint density at radius 1 is 1.60 bits per heavy atom. The average molecular weight is 288 g/mol. The van der Waals surface area contributed by atoms with Gasteiger partial charge >= 0.3 is 0 Å². The number of aryl methyl sites for hydroxylation is 1. The lowest BCUT2D eigenvalue weighted by molar-refractivity contribution is 0.0784. The van der Waals surface area contributed by atoms with Gasteiger partial charge in [-0.05, 0) is 23.9 Å². The summed E-state index contributed by atoms with van der Waals surface area (Å²) in [4.78, 5) is 14.9. The molecule has 0 saturated carbocycles. The minimum atomic E-state index is -0.0444. The van der Waals surface area contributed by atoms with E-state index in [0.717, 1.165) is 16.1 Å². The lowest BCUT2D eigenvalue weighted by atomic mass is 10.2. The number of rotatable bonds is 3. The van der Waals surface area contributed by atoms with Gasteiger partial charge in [0.05, 0.1) is 23.2 Å². The van der Waals surface area contributed by atoms with Crippen molar-refractivity contribution in [1.29, 1.82) is 0 Å². The molecule has 2 aromatic rings. The molecule has 2 heterocycles. The highest BCUT2D eigenvalue weighted by atomic mass is 32.1. The number of carbonyl (C=O) groups excluding carboxylic acids is 1. The number of thiophene rings is 1. The molecular formula is C14H16N4OS. The average Bonchev–Trinajstić information content (AvgIpc) is 3.04. The molecule has 5 nitrogen and oxygen atoms in total. The summed E-state index contributed by atoms with van der Waals surface area (Å²) in [6.45, 7) is 2.73. The van der Waals surface area contributed by atoms with Crippen LogP contribution in [0.3, 0.4) is 0 Å². The molecule has 0 saturated heterocycles. The van der Waals surface area contributed by atoms with E-state index in [4.69, 9.17) is 5.73 Å². The number of aromatic amines is 1. The molecule has 20 heavy (non-hydrogen) atoms. The number of nitrogens with zero attached hydrogens (tertiary/aromatic N) is 2. The van der Waals surface area contributed by atoms with E-state index in [1.165, 1.54) is 0 Å². The first-order valence-electron chi connectivity index (χ1n) is 6.13. The predicted octanol–water partition coefficient (Wildman–Crippen LogP) is 1.36. The molecule has 0 aliphatic rings. The van der Waals surface area contributed by atoms with E-state index >= 15 is 0 Å². The number of hydrogen-bond donors (Lipinski definition) is 2. The summed E-state index contributed by atoms with van der Waals surface area (Å²) in [7, 11) is 1.78. The van der Waals surface area contributed by atoms with Crippen molar-refractivity contribution in [2.75, 3.05) is 13.6 Å². The van der Waals surface area contributed by atoms with Gasteiger partial charge in [0, 0.05) is 19.3 Å². The fourth-order valence-corrected chi connectivity index (χ4v) is 2.55. The van der Waals surface area contributed by atoms with E-state index in [2.05, 4.69) is 22.0 Å². The molecule has 0 bridgehead atoms. The van der Waals surface area contributed by atoms with E-state index in [1.54, 1.807) is 29.5 Å². The molecule has 0 spiro atoms. The first-order valence-corrected chi connectivity index (χ1v) is 7.01. The molecule has 0 aliphatic heterocycles. The standard InChI is InChI=1S/C14H16N4OS/c1-10-13(7-16-17-10)14(19)18(2)8-11-6-12(20-9-11)4-3-5-15/h6-7,9H,5,8,15H2,1-2H3,(H,16,17). The number of carbonyl (C=O) groups is 1. The van der Waals surface area contributed by atoms with Crippen LogP contribution in [-0.2, 0) is 6.54 Å². The number of nitrogens with one attached hydrogen (secondary N) is 1. The van der Waals surface area contributed by atoms with Crippen molar-refractivity contribution < 1.29 is 4.79 Å². The molecule has 6 heteroatoms. The Labute approximate surface area is 121 Å². The highest BCUT2D eigenvalue weighted by Crippen LogP contribution is 2.16. The topological polar surface area (TPSA) is 75.0 Å². The summed E-state index contributed by atoms with van der Waals surface area (Å²) in [5, 5.41) is 8.65. The zero-order valence-electron chi connectivity index (χ0n) is 11.4. The highest BCUT2D eigenvalue weighted by Gasteiger charge is 2.16. The Morgan fingerprint density at radius 3 is 3.05 bits per heavy atom. The molecule has 104 valence electrons. The summed E-state index contributed by atoms with van der Waals surface area (Å²) in [5.74, 6) is 5.76. The van der Waals surface area contributed by atoms with Crippen molar-refractivity contribution in [3.8, 4) is 11.8 Å². The van der Waals surface area contributed by atoms with Gasteiger partial charge in [-0.1, -0.05) is 11.8 Å². The van der Waals surface area contributed by atoms with Gasteiger partial charge in [-0.2, -0.15) is 5.10 Å². The van der Waals surface area contributed by atoms with E-state index < -0.39 is 0 Å². The Bertz CT molecular complexity index is 662. The third kappa shape index (κ3) is 3.26. The monoisotopic (exact) mass is 288 g/mol. The number of H-pyrrole nitrogens is 1. The maximum Gasteiger partial charge on any atom is 0.257 e. The van der Waals surface area contributed by atoms with Gasteiger partial charge in [0.15, 0.2) is 0 Å². The van der Waals surface area contributed by atoms with Crippen LogP contribution in [0.5, 0.6) is 0 Å². The van der Waals surface area contributed by atoms with Crippen molar-refractivity contribution in [2.24, 2.45) is 5.73 Å². The van der Waals surface area contributed by atoms with Crippen LogP contribution in [-0.4, -0.2) is 34.6 Å². The first-order chi connectivity index (χ1) is 9.61. The summed E-state index contributed by atoms with van der Waals surface area (Å²) in [6, 6.07) is 1.99. The van der Waals surface area contributed by atoms with Crippen LogP contribution in [0.1, 0.15) is 26.5 Å². The molecule has 0 unspecified atom stereocenters. The third-order valence-electron chi connectivity index (χ3n) is 2.79. The van der Waals surface area contributed by atoms with Crippen molar-refractivity contribution in [3.63, 3.8) is 0 Å². The fourth-order valence-electron chi connectivity index (χ4n) is 1.78. The van der Waals surface area contributed by atoms with Crippen LogP contribution in [0.4, 0.5) is 0 Å². The molecule has 2 rings (SSSR count). The van der Waals surface area contributed by atoms with Gasteiger partial charge in [0.25, 0.3) is 5.91 Å². The predicted molar refractivity (Wildman–Crippen MR) is 79.4 cm³/mol. The van der Waals surface area contributed by atoms with Gasteiger partial charge in [-0.25, -0.2) is 0 Å². The molecule has 0 aliphatic carbocycles. The first kappa shape index (κ1) is 14.3. The number of aromatic nitrogens is 2. The lowest BCUT2D eigenvalue weighted by Crippen LogP contribution is -2.26. The van der Waals surface area contributed by atoms with Crippen molar-refractivity contribution >= 4 is 17.2 Å². The van der Waals surface area contributed by atoms with Gasteiger partial charge in [-0.15, -0.1) is 11.3 Å². The quantitative estimate of drug-likeness (QED) is 0.837. The second kappa shape index (κ2) is 6.37. The Hall–Kier alpha value is -2.10. The van der Waals surface area contributed by atoms with Crippen LogP contribution in [0.2, 0.25) is 0 Å².